The van der Waals surface area contributed by atoms with Crippen molar-refractivity contribution in [3.05, 3.63) is 61.6 Å². The molecule has 0 aliphatic carbocycles. The number of carbonyl (C=O) groups is 1. The lowest BCUT2D eigenvalue weighted by molar-refractivity contribution is -0.145. The van der Waals surface area contributed by atoms with Crippen LogP contribution in [0.3, 0.4) is 0 Å². The molecule has 0 unspecified atom stereocenters. The fraction of sp³-hybridized carbons (Fsp3) is 0.333. The maximum absolute atomic E-state index is 13.3. The second kappa shape index (κ2) is 11.5. The summed E-state index contributed by atoms with van der Waals surface area (Å²) in [5.41, 5.74) is 0.912. The Labute approximate surface area is 210 Å². The van der Waals surface area contributed by atoms with Crippen molar-refractivity contribution in [2.45, 2.75) is 33.1 Å². The van der Waals surface area contributed by atoms with Gasteiger partial charge in [0.2, 0.25) is 0 Å². The predicted octanol–water partition coefficient (Wildman–Crippen LogP) is 5.16. The topological polar surface area (TPSA) is 92.0 Å². The van der Waals surface area contributed by atoms with Crippen LogP contribution in [0.25, 0.3) is 10.9 Å². The minimum absolute atomic E-state index is 0.00896. The minimum atomic E-state index is -0.515. The highest BCUT2D eigenvalue weighted by Gasteiger charge is 2.17. The van der Waals surface area contributed by atoms with Crippen molar-refractivity contribution in [2.24, 2.45) is 5.10 Å². The molecule has 8 nitrogen and oxygen atoms in total. The number of halogens is 2. The van der Waals surface area contributed by atoms with Gasteiger partial charge in [0, 0.05) is 10.4 Å². The molecule has 0 fully saturated rings. The molecule has 0 saturated heterocycles. The highest BCUT2D eigenvalue weighted by atomic mass is 79.9. The molecule has 0 radical (unpaired) electrons. The highest BCUT2D eigenvalue weighted by Crippen LogP contribution is 2.36. The Balaban J connectivity index is 2.02. The Hall–Kier alpha value is -2.91. The Morgan fingerprint density at radius 2 is 2.06 bits per heavy atom. The summed E-state index contributed by atoms with van der Waals surface area (Å²) in [5, 5.41) is 5.12. The molecule has 0 bridgehead atoms. The number of hydrogen-bond acceptors (Lipinski definition) is 7. The zero-order valence-electron chi connectivity index (χ0n) is 19.3. The monoisotopic (exact) mass is 549 g/mol. The van der Waals surface area contributed by atoms with E-state index in [2.05, 4.69) is 21.0 Å². The van der Waals surface area contributed by atoms with E-state index in [0.717, 1.165) is 10.9 Å². The van der Waals surface area contributed by atoms with Crippen molar-refractivity contribution in [3.63, 3.8) is 0 Å². The highest BCUT2D eigenvalue weighted by molar-refractivity contribution is 9.10. The van der Waals surface area contributed by atoms with E-state index in [0.29, 0.717) is 28.0 Å². The third-order valence-electron chi connectivity index (χ3n) is 5.10. The normalized spacial score (nSPS) is 12.2. The molecule has 3 rings (SSSR count). The second-order valence-electron chi connectivity index (χ2n) is 7.43. The van der Waals surface area contributed by atoms with Crippen LogP contribution in [-0.4, -0.2) is 42.2 Å². The summed E-state index contributed by atoms with van der Waals surface area (Å²) < 4.78 is 17.8. The van der Waals surface area contributed by atoms with E-state index < -0.39 is 5.97 Å². The summed E-state index contributed by atoms with van der Waals surface area (Å²) in [7, 11) is 1.46. The average molecular weight is 551 g/mol. The quantitative estimate of drug-likeness (QED) is 0.270. The summed E-state index contributed by atoms with van der Waals surface area (Å²) in [6, 6.07) is 8.64. The van der Waals surface area contributed by atoms with E-state index in [1.165, 1.54) is 18.0 Å². The molecular weight excluding hydrogens is 526 g/mol. The van der Waals surface area contributed by atoms with Crippen molar-refractivity contribution >= 4 is 50.6 Å². The van der Waals surface area contributed by atoms with Crippen LogP contribution < -0.4 is 15.0 Å². The molecule has 180 valence electrons. The molecule has 0 amide bonds. The van der Waals surface area contributed by atoms with Crippen molar-refractivity contribution < 1.29 is 19.0 Å². The number of methoxy groups -OCH3 is 1. The first-order chi connectivity index (χ1) is 16.3. The SMILES string of the molecule is CCOC(=O)COc1c(Cl)cc(C=Nn2c([C@@H](C)CC)nc3ccc(Br)cc3c2=O)cc1OC. The molecular formula is C24H25BrClN3O5. The minimum Gasteiger partial charge on any atom is -0.493 e. The number of carbonyl (C=O) groups excluding carboxylic acids is 1. The lowest BCUT2D eigenvalue weighted by Crippen LogP contribution is -2.23. The van der Waals surface area contributed by atoms with Crippen LogP contribution in [0.4, 0.5) is 0 Å². The lowest BCUT2D eigenvalue weighted by Gasteiger charge is -2.14. The molecule has 1 aromatic heterocycles. The van der Waals surface area contributed by atoms with Gasteiger partial charge >= 0.3 is 5.97 Å². The van der Waals surface area contributed by atoms with Crippen LogP contribution in [0.2, 0.25) is 5.02 Å². The van der Waals surface area contributed by atoms with Gasteiger partial charge in [0.15, 0.2) is 18.1 Å². The van der Waals surface area contributed by atoms with Crippen molar-refractivity contribution in [2.75, 3.05) is 20.3 Å². The number of aromatic nitrogens is 2. The maximum Gasteiger partial charge on any atom is 0.344 e. The molecule has 34 heavy (non-hydrogen) atoms. The van der Waals surface area contributed by atoms with E-state index >= 15 is 0 Å². The van der Waals surface area contributed by atoms with E-state index in [-0.39, 0.29) is 35.5 Å². The molecule has 0 saturated carbocycles. The predicted molar refractivity (Wildman–Crippen MR) is 136 cm³/mol. The van der Waals surface area contributed by atoms with Gasteiger partial charge < -0.3 is 14.2 Å². The van der Waals surface area contributed by atoms with Crippen LogP contribution >= 0.6 is 27.5 Å². The first-order valence-electron chi connectivity index (χ1n) is 10.7. The van der Waals surface area contributed by atoms with Gasteiger partial charge in [-0.1, -0.05) is 41.4 Å². The second-order valence-corrected chi connectivity index (χ2v) is 8.75. The van der Waals surface area contributed by atoms with E-state index in [4.69, 9.17) is 30.8 Å². The van der Waals surface area contributed by atoms with Gasteiger partial charge in [0.05, 0.1) is 35.9 Å². The molecule has 1 heterocycles. The van der Waals surface area contributed by atoms with Crippen LogP contribution in [0.5, 0.6) is 11.5 Å². The van der Waals surface area contributed by atoms with Gasteiger partial charge in [-0.15, -0.1) is 0 Å². The van der Waals surface area contributed by atoms with Gasteiger partial charge in [-0.2, -0.15) is 9.78 Å². The Morgan fingerprint density at radius 1 is 1.29 bits per heavy atom. The van der Waals surface area contributed by atoms with E-state index in [1.807, 2.05) is 19.9 Å². The van der Waals surface area contributed by atoms with Crippen molar-refractivity contribution in [3.8, 4) is 11.5 Å². The van der Waals surface area contributed by atoms with Gasteiger partial charge in [-0.25, -0.2) is 9.78 Å². The van der Waals surface area contributed by atoms with Crippen LogP contribution in [0, 0.1) is 0 Å². The summed E-state index contributed by atoms with van der Waals surface area (Å²) in [6.45, 7) is 5.68. The number of hydrogen-bond donors (Lipinski definition) is 0. The fourth-order valence-corrected chi connectivity index (χ4v) is 3.83. The van der Waals surface area contributed by atoms with Crippen LogP contribution in [-0.2, 0) is 9.53 Å². The van der Waals surface area contributed by atoms with Crippen LogP contribution in [0.1, 0.15) is 44.5 Å². The molecule has 10 heteroatoms. The van der Waals surface area contributed by atoms with Crippen LogP contribution in [0.15, 0.2) is 44.7 Å². The third kappa shape index (κ3) is 5.77. The van der Waals surface area contributed by atoms with Crippen molar-refractivity contribution in [1.29, 1.82) is 0 Å². The first-order valence-corrected chi connectivity index (χ1v) is 11.9. The molecule has 0 aliphatic heterocycles. The van der Waals surface area contributed by atoms with E-state index in [9.17, 15) is 9.59 Å². The smallest absolute Gasteiger partial charge is 0.344 e. The molecule has 1 atom stereocenters. The lowest BCUT2D eigenvalue weighted by atomic mass is 10.1. The Morgan fingerprint density at radius 3 is 2.74 bits per heavy atom. The Kier molecular flexibility index (Phi) is 8.68. The van der Waals surface area contributed by atoms with Gasteiger partial charge in [0.25, 0.3) is 5.56 Å². The summed E-state index contributed by atoms with van der Waals surface area (Å²) in [4.78, 5) is 29.6. The number of benzene rings is 2. The molecule has 0 aliphatic rings. The zero-order chi connectivity index (χ0) is 24.8. The standard InChI is InChI=1S/C24H25BrClN3O5/c1-5-14(3)23-28-19-8-7-16(25)11-17(19)24(31)29(23)27-12-15-9-18(26)22(20(10-15)32-4)34-13-21(30)33-6-2/h7-12,14H,5-6,13H2,1-4H3/t14-/m0/s1. The largest absolute Gasteiger partial charge is 0.493 e. The Bertz CT molecular complexity index is 1290. The molecule has 0 spiro atoms. The number of rotatable bonds is 9. The van der Waals surface area contributed by atoms with E-state index in [1.54, 1.807) is 31.2 Å². The molecule has 0 N–H and O–H groups in total. The zero-order valence-corrected chi connectivity index (χ0v) is 21.6. The number of nitrogens with zero attached hydrogens (tertiary/aromatic N) is 3. The number of esters is 1. The third-order valence-corrected chi connectivity index (χ3v) is 5.87. The first kappa shape index (κ1) is 25.7. The fourth-order valence-electron chi connectivity index (χ4n) is 3.19. The van der Waals surface area contributed by atoms with Gasteiger partial charge in [-0.05, 0) is 49.2 Å². The summed E-state index contributed by atoms with van der Waals surface area (Å²) in [5.74, 6) is 0.580. The number of fused-ring (bicyclic) bond motifs is 1. The summed E-state index contributed by atoms with van der Waals surface area (Å²) in [6.07, 6.45) is 2.29. The van der Waals surface area contributed by atoms with Gasteiger partial charge in [-0.3, -0.25) is 4.79 Å². The van der Waals surface area contributed by atoms with Crippen molar-refractivity contribution in [1.82, 2.24) is 9.66 Å². The molecule has 3 aromatic rings. The number of ether oxygens (including phenoxy) is 3. The maximum atomic E-state index is 13.3. The average Bonchev–Trinajstić information content (AvgIpc) is 2.82. The molecule has 2 aromatic carbocycles. The summed E-state index contributed by atoms with van der Waals surface area (Å²) >= 11 is 9.79. The van der Waals surface area contributed by atoms with Gasteiger partial charge in [0.1, 0.15) is 5.82 Å².